The smallest absolute Gasteiger partial charge is 0.257 e. The number of hydrogen-bond donors (Lipinski definition) is 1. The number of nitrogens with one attached hydrogen (secondary N) is 1. The van der Waals surface area contributed by atoms with Gasteiger partial charge in [-0.25, -0.2) is 8.78 Å². The van der Waals surface area contributed by atoms with Crippen molar-refractivity contribution in [2.45, 2.75) is 19.9 Å². The van der Waals surface area contributed by atoms with Gasteiger partial charge in [0.2, 0.25) is 5.91 Å². The van der Waals surface area contributed by atoms with Gasteiger partial charge in [0.05, 0.1) is 13.2 Å². The normalized spacial score (nSPS) is 16.3. The molecule has 7 heteroatoms. The van der Waals surface area contributed by atoms with Crippen molar-refractivity contribution in [3.63, 3.8) is 0 Å². The highest BCUT2D eigenvalue weighted by Crippen LogP contribution is 2.14. The molecule has 1 N–H and O–H groups in total. The highest BCUT2D eigenvalue weighted by Gasteiger charge is 2.31. The van der Waals surface area contributed by atoms with Gasteiger partial charge in [-0.1, -0.05) is 19.9 Å². The van der Waals surface area contributed by atoms with E-state index >= 15 is 0 Å². The Morgan fingerprint density at radius 2 is 1.74 bits per heavy atom. The lowest BCUT2D eigenvalue weighted by atomic mass is 10.0. The summed E-state index contributed by atoms with van der Waals surface area (Å²) in [7, 11) is 0. The lowest BCUT2D eigenvalue weighted by Crippen LogP contribution is -2.54. The van der Waals surface area contributed by atoms with Crippen LogP contribution in [0.15, 0.2) is 18.2 Å². The molecule has 2 rings (SSSR count). The molecule has 1 saturated heterocycles. The summed E-state index contributed by atoms with van der Waals surface area (Å²) in [6, 6.07) is 2.35. The third kappa shape index (κ3) is 4.04. The zero-order valence-electron chi connectivity index (χ0n) is 13.1. The van der Waals surface area contributed by atoms with Crippen LogP contribution < -0.4 is 5.32 Å². The van der Waals surface area contributed by atoms with Gasteiger partial charge in [-0.15, -0.1) is 0 Å². The Morgan fingerprint density at radius 3 is 2.26 bits per heavy atom. The molecule has 1 aliphatic heterocycles. The summed E-state index contributed by atoms with van der Waals surface area (Å²) in [4.78, 5) is 26.3. The van der Waals surface area contributed by atoms with E-state index in [4.69, 9.17) is 4.74 Å². The number of nitrogens with zero attached hydrogens (tertiary/aromatic N) is 1. The van der Waals surface area contributed by atoms with E-state index in [9.17, 15) is 18.4 Å². The third-order valence-electron chi connectivity index (χ3n) is 3.73. The summed E-state index contributed by atoms with van der Waals surface area (Å²) < 4.78 is 32.6. The van der Waals surface area contributed by atoms with Gasteiger partial charge in [-0.3, -0.25) is 9.59 Å². The molecule has 0 aliphatic carbocycles. The van der Waals surface area contributed by atoms with Crippen LogP contribution in [0.4, 0.5) is 8.78 Å². The SMILES string of the molecule is CC(C)C(NC(=O)c1c(F)cccc1F)C(=O)N1CCOCC1. The van der Waals surface area contributed by atoms with Crippen molar-refractivity contribution in [3.05, 3.63) is 35.4 Å². The fourth-order valence-electron chi connectivity index (χ4n) is 2.42. The summed E-state index contributed by atoms with van der Waals surface area (Å²) in [6.45, 7) is 5.28. The van der Waals surface area contributed by atoms with E-state index in [-0.39, 0.29) is 11.8 Å². The predicted molar refractivity (Wildman–Crippen MR) is 79.8 cm³/mol. The largest absolute Gasteiger partial charge is 0.378 e. The van der Waals surface area contributed by atoms with Gasteiger partial charge in [-0.2, -0.15) is 0 Å². The van der Waals surface area contributed by atoms with E-state index in [1.165, 1.54) is 6.07 Å². The van der Waals surface area contributed by atoms with Crippen molar-refractivity contribution in [1.82, 2.24) is 10.2 Å². The van der Waals surface area contributed by atoms with Gasteiger partial charge in [0.1, 0.15) is 23.2 Å². The van der Waals surface area contributed by atoms with Crippen molar-refractivity contribution in [1.29, 1.82) is 0 Å². The van der Waals surface area contributed by atoms with E-state index in [2.05, 4.69) is 5.32 Å². The summed E-state index contributed by atoms with van der Waals surface area (Å²) in [6.07, 6.45) is 0. The number of rotatable bonds is 4. The molecule has 0 radical (unpaired) electrons. The van der Waals surface area contributed by atoms with Crippen molar-refractivity contribution in [2.24, 2.45) is 5.92 Å². The summed E-state index contributed by atoms with van der Waals surface area (Å²) in [5.41, 5.74) is -0.673. The number of benzene rings is 1. The number of carbonyl (C=O) groups is 2. The van der Waals surface area contributed by atoms with Gasteiger partial charge < -0.3 is 15.0 Å². The topological polar surface area (TPSA) is 58.6 Å². The molecule has 0 saturated carbocycles. The van der Waals surface area contributed by atoms with Crippen LogP contribution in [0.1, 0.15) is 24.2 Å². The first kappa shape index (κ1) is 17.3. The molecule has 2 amide bonds. The molecule has 1 aromatic rings. The number of carbonyl (C=O) groups excluding carboxylic acids is 2. The van der Waals surface area contributed by atoms with Crippen LogP contribution in [0.25, 0.3) is 0 Å². The molecular formula is C16H20F2N2O3. The zero-order chi connectivity index (χ0) is 17.0. The van der Waals surface area contributed by atoms with Crippen LogP contribution in [0, 0.1) is 17.6 Å². The Balaban J connectivity index is 2.15. The van der Waals surface area contributed by atoms with Crippen LogP contribution in [-0.4, -0.2) is 49.1 Å². The molecule has 1 aromatic carbocycles. The van der Waals surface area contributed by atoms with Crippen LogP contribution in [-0.2, 0) is 9.53 Å². The molecule has 1 atom stereocenters. The molecule has 0 spiro atoms. The zero-order valence-corrected chi connectivity index (χ0v) is 13.1. The fourth-order valence-corrected chi connectivity index (χ4v) is 2.42. The van der Waals surface area contributed by atoms with E-state index < -0.39 is 29.1 Å². The van der Waals surface area contributed by atoms with Gasteiger partial charge in [0.25, 0.3) is 5.91 Å². The lowest BCUT2D eigenvalue weighted by molar-refractivity contribution is -0.138. The Kier molecular flexibility index (Phi) is 5.65. The molecule has 1 aliphatic rings. The minimum atomic E-state index is -0.955. The number of ether oxygens (including phenoxy) is 1. The van der Waals surface area contributed by atoms with E-state index in [0.717, 1.165) is 12.1 Å². The van der Waals surface area contributed by atoms with Gasteiger partial charge in [0, 0.05) is 13.1 Å². The van der Waals surface area contributed by atoms with Crippen molar-refractivity contribution >= 4 is 11.8 Å². The van der Waals surface area contributed by atoms with Gasteiger partial charge in [-0.05, 0) is 18.1 Å². The maximum Gasteiger partial charge on any atom is 0.257 e. The maximum atomic E-state index is 13.7. The van der Waals surface area contributed by atoms with Crippen molar-refractivity contribution < 1.29 is 23.1 Å². The molecule has 0 bridgehead atoms. The minimum Gasteiger partial charge on any atom is -0.378 e. The van der Waals surface area contributed by atoms with Gasteiger partial charge in [0.15, 0.2) is 0 Å². The van der Waals surface area contributed by atoms with Gasteiger partial charge >= 0.3 is 0 Å². The second kappa shape index (κ2) is 7.50. The van der Waals surface area contributed by atoms with Crippen LogP contribution >= 0.6 is 0 Å². The first-order valence-electron chi connectivity index (χ1n) is 7.53. The Bertz CT molecular complexity index is 566. The summed E-state index contributed by atoms with van der Waals surface area (Å²) in [5.74, 6) is -3.33. The molecule has 126 valence electrons. The highest BCUT2D eigenvalue weighted by atomic mass is 19.1. The Labute approximate surface area is 133 Å². The highest BCUT2D eigenvalue weighted by molar-refractivity contribution is 5.98. The van der Waals surface area contributed by atoms with E-state index in [1.54, 1.807) is 18.7 Å². The second-order valence-electron chi connectivity index (χ2n) is 5.73. The number of halogens is 2. The molecule has 1 fully saturated rings. The van der Waals surface area contributed by atoms with Crippen LogP contribution in [0.3, 0.4) is 0 Å². The van der Waals surface area contributed by atoms with E-state index in [0.29, 0.717) is 26.3 Å². The minimum absolute atomic E-state index is 0.218. The van der Waals surface area contributed by atoms with E-state index in [1.807, 2.05) is 0 Å². The number of morpholine rings is 1. The maximum absolute atomic E-state index is 13.7. The molecule has 0 aromatic heterocycles. The first-order chi connectivity index (χ1) is 10.9. The molecule has 1 unspecified atom stereocenters. The lowest BCUT2D eigenvalue weighted by Gasteiger charge is -2.32. The number of hydrogen-bond acceptors (Lipinski definition) is 3. The number of amides is 2. The predicted octanol–water partition coefficient (Wildman–Crippen LogP) is 1.58. The molecular weight excluding hydrogens is 306 g/mol. The third-order valence-corrected chi connectivity index (χ3v) is 3.73. The monoisotopic (exact) mass is 326 g/mol. The van der Waals surface area contributed by atoms with Crippen LogP contribution in [0.2, 0.25) is 0 Å². The molecule has 1 heterocycles. The molecule has 23 heavy (non-hydrogen) atoms. The van der Waals surface area contributed by atoms with Crippen molar-refractivity contribution in [2.75, 3.05) is 26.3 Å². The Hall–Kier alpha value is -2.02. The average molecular weight is 326 g/mol. The molecule has 5 nitrogen and oxygen atoms in total. The quantitative estimate of drug-likeness (QED) is 0.914. The standard InChI is InChI=1S/C16H20F2N2O3/c1-10(2)14(16(22)20-6-8-23-9-7-20)19-15(21)13-11(17)4-3-5-12(13)18/h3-5,10,14H,6-9H2,1-2H3,(H,19,21). The van der Waals surface area contributed by atoms with Crippen molar-refractivity contribution in [3.8, 4) is 0 Å². The Morgan fingerprint density at radius 1 is 1.17 bits per heavy atom. The van der Waals surface area contributed by atoms with Crippen LogP contribution in [0.5, 0.6) is 0 Å². The fraction of sp³-hybridized carbons (Fsp3) is 0.500. The summed E-state index contributed by atoms with van der Waals surface area (Å²) in [5, 5.41) is 2.46. The first-order valence-corrected chi connectivity index (χ1v) is 7.53. The summed E-state index contributed by atoms with van der Waals surface area (Å²) >= 11 is 0. The second-order valence-corrected chi connectivity index (χ2v) is 5.73. The average Bonchev–Trinajstić information content (AvgIpc) is 2.52.